The zero-order chi connectivity index (χ0) is 23.5. The lowest BCUT2D eigenvalue weighted by atomic mass is 9.98. The Morgan fingerprint density at radius 3 is 2.27 bits per heavy atom. The second-order valence-corrected chi connectivity index (χ2v) is 7.33. The van der Waals surface area contributed by atoms with Crippen molar-refractivity contribution in [2.45, 2.75) is 12.6 Å². The number of hydrogen-bond donors (Lipinski definition) is 1. The number of ketones is 1. The van der Waals surface area contributed by atoms with Gasteiger partial charge in [-0.25, -0.2) is 0 Å². The van der Waals surface area contributed by atoms with Crippen molar-refractivity contribution in [3.8, 4) is 17.2 Å². The third kappa shape index (κ3) is 3.91. The van der Waals surface area contributed by atoms with Gasteiger partial charge in [-0.05, 0) is 42.0 Å². The zero-order valence-corrected chi connectivity index (χ0v) is 18.4. The number of amides is 1. The van der Waals surface area contributed by atoms with Crippen molar-refractivity contribution in [1.29, 1.82) is 0 Å². The molecule has 0 aliphatic carbocycles. The van der Waals surface area contributed by atoms with E-state index in [1.165, 1.54) is 25.4 Å². The molecular formula is C25H23NO7. The van der Waals surface area contributed by atoms with E-state index in [9.17, 15) is 14.7 Å². The number of rotatable bonds is 7. The molecule has 1 aliphatic rings. The molecule has 1 unspecified atom stereocenters. The van der Waals surface area contributed by atoms with Crippen molar-refractivity contribution in [2.24, 2.45) is 0 Å². The number of benzene rings is 2. The number of Topliss-reactive ketones (excluding diaryl/α,β-unsaturated/α-hetero) is 1. The number of carbonyl (C=O) groups is 2. The Morgan fingerprint density at radius 1 is 0.970 bits per heavy atom. The molecule has 0 bridgehead atoms. The van der Waals surface area contributed by atoms with Crippen molar-refractivity contribution in [3.63, 3.8) is 0 Å². The lowest BCUT2D eigenvalue weighted by Crippen LogP contribution is -2.29. The molecule has 170 valence electrons. The maximum Gasteiger partial charge on any atom is 0.296 e. The van der Waals surface area contributed by atoms with Crippen LogP contribution in [0, 0.1) is 0 Å². The van der Waals surface area contributed by atoms with E-state index in [0.29, 0.717) is 23.0 Å². The molecule has 0 spiro atoms. The van der Waals surface area contributed by atoms with Crippen molar-refractivity contribution < 1.29 is 33.3 Å². The fraction of sp³-hybridized carbons (Fsp3) is 0.200. The van der Waals surface area contributed by atoms with Gasteiger partial charge >= 0.3 is 0 Å². The van der Waals surface area contributed by atoms with E-state index in [-0.39, 0.29) is 17.7 Å². The van der Waals surface area contributed by atoms with Gasteiger partial charge in [0, 0.05) is 6.54 Å². The minimum atomic E-state index is -0.944. The first kappa shape index (κ1) is 22.0. The highest BCUT2D eigenvalue weighted by atomic mass is 16.5. The van der Waals surface area contributed by atoms with Gasteiger partial charge in [0.15, 0.2) is 0 Å². The molecule has 2 heterocycles. The summed E-state index contributed by atoms with van der Waals surface area (Å²) in [4.78, 5) is 27.7. The number of aliphatic hydroxyl groups excluding tert-OH is 1. The lowest BCUT2D eigenvalue weighted by Gasteiger charge is -2.24. The summed E-state index contributed by atoms with van der Waals surface area (Å²) in [6.07, 6.45) is 1.45. The molecule has 0 saturated carbocycles. The van der Waals surface area contributed by atoms with Crippen LogP contribution in [0.2, 0.25) is 0 Å². The molecule has 1 fully saturated rings. The van der Waals surface area contributed by atoms with Crippen LogP contribution < -0.4 is 14.2 Å². The van der Waals surface area contributed by atoms with Gasteiger partial charge in [0.25, 0.3) is 11.7 Å². The molecule has 1 atom stereocenters. The fourth-order valence-electron chi connectivity index (χ4n) is 3.97. The molecule has 1 amide bonds. The Morgan fingerprint density at radius 2 is 1.67 bits per heavy atom. The van der Waals surface area contributed by atoms with Crippen LogP contribution in [0.25, 0.3) is 5.76 Å². The van der Waals surface area contributed by atoms with Crippen molar-refractivity contribution in [1.82, 2.24) is 4.90 Å². The van der Waals surface area contributed by atoms with E-state index in [4.69, 9.17) is 18.6 Å². The summed E-state index contributed by atoms with van der Waals surface area (Å²) in [6, 6.07) is 14.5. The van der Waals surface area contributed by atoms with Gasteiger partial charge in [-0.2, -0.15) is 0 Å². The van der Waals surface area contributed by atoms with E-state index in [0.717, 1.165) is 5.56 Å². The number of nitrogens with zero attached hydrogens (tertiary/aromatic N) is 1. The number of ether oxygens (including phenoxy) is 3. The Bertz CT molecular complexity index is 1190. The largest absolute Gasteiger partial charge is 0.506 e. The van der Waals surface area contributed by atoms with Crippen LogP contribution in [0.15, 0.2) is 70.9 Å². The molecular weight excluding hydrogens is 426 g/mol. The summed E-state index contributed by atoms with van der Waals surface area (Å²) in [5, 5.41) is 11.3. The maximum atomic E-state index is 13.2. The standard InChI is InChI=1S/C25H23NO7/c1-30-16-8-4-7-15(13-16)14-26-22(19-11-6-12-33-19)21(24(28)25(26)29)23(27)20-17(31-2)9-5-10-18(20)32-3/h4-13,22,27H,14H2,1-3H3/b23-21+. The monoisotopic (exact) mass is 449 g/mol. The summed E-state index contributed by atoms with van der Waals surface area (Å²) >= 11 is 0. The smallest absolute Gasteiger partial charge is 0.296 e. The van der Waals surface area contributed by atoms with Crippen molar-refractivity contribution >= 4 is 17.4 Å². The van der Waals surface area contributed by atoms with Crippen LogP contribution in [0.3, 0.4) is 0 Å². The van der Waals surface area contributed by atoms with E-state index in [1.54, 1.807) is 55.6 Å². The Balaban J connectivity index is 1.88. The minimum absolute atomic E-state index is 0.104. The normalized spacial score (nSPS) is 17.3. The average Bonchev–Trinajstić information content (AvgIpc) is 3.46. The molecule has 33 heavy (non-hydrogen) atoms. The van der Waals surface area contributed by atoms with Gasteiger partial charge in [0.1, 0.15) is 40.4 Å². The van der Waals surface area contributed by atoms with Crippen LogP contribution in [-0.4, -0.2) is 43.0 Å². The third-order valence-corrected chi connectivity index (χ3v) is 5.50. The summed E-state index contributed by atoms with van der Waals surface area (Å²) in [5.41, 5.74) is 0.821. The average molecular weight is 449 g/mol. The van der Waals surface area contributed by atoms with Crippen LogP contribution in [0.1, 0.15) is 22.9 Å². The molecule has 1 N–H and O–H groups in total. The number of furan rings is 1. The lowest BCUT2D eigenvalue weighted by molar-refractivity contribution is -0.140. The van der Waals surface area contributed by atoms with Crippen molar-refractivity contribution in [3.05, 3.63) is 83.3 Å². The number of likely N-dealkylation sites (tertiary alicyclic amines) is 1. The topological polar surface area (TPSA) is 98.4 Å². The highest BCUT2D eigenvalue weighted by molar-refractivity contribution is 6.46. The third-order valence-electron chi connectivity index (χ3n) is 5.50. The summed E-state index contributed by atoms with van der Waals surface area (Å²) in [5.74, 6) is -0.436. The van der Waals surface area contributed by atoms with Crippen LogP contribution in [0.4, 0.5) is 0 Å². The summed E-state index contributed by atoms with van der Waals surface area (Å²) in [6.45, 7) is 0.104. The van der Waals surface area contributed by atoms with Crippen molar-refractivity contribution in [2.75, 3.05) is 21.3 Å². The number of aliphatic hydroxyl groups is 1. The Labute approximate surface area is 190 Å². The van der Waals surface area contributed by atoms with Gasteiger partial charge < -0.3 is 28.6 Å². The van der Waals surface area contributed by atoms with E-state index >= 15 is 0 Å². The number of carbonyl (C=O) groups excluding carboxylic acids is 2. The molecule has 8 heteroatoms. The number of hydrogen-bond acceptors (Lipinski definition) is 7. The summed E-state index contributed by atoms with van der Waals surface area (Å²) < 4.78 is 21.6. The Hall–Kier alpha value is -4.20. The van der Waals surface area contributed by atoms with Gasteiger partial charge in [0.05, 0.1) is 33.2 Å². The predicted octanol–water partition coefficient (Wildman–Crippen LogP) is 3.93. The highest BCUT2D eigenvalue weighted by Crippen LogP contribution is 2.44. The van der Waals surface area contributed by atoms with Gasteiger partial charge in [-0.1, -0.05) is 18.2 Å². The van der Waals surface area contributed by atoms with Gasteiger partial charge in [-0.15, -0.1) is 0 Å². The van der Waals surface area contributed by atoms with Crippen LogP contribution in [-0.2, 0) is 16.1 Å². The molecule has 1 aliphatic heterocycles. The molecule has 3 aromatic rings. The maximum absolute atomic E-state index is 13.2. The second-order valence-electron chi connectivity index (χ2n) is 7.33. The first-order valence-electron chi connectivity index (χ1n) is 10.2. The fourth-order valence-corrected chi connectivity index (χ4v) is 3.97. The van der Waals surface area contributed by atoms with Crippen LogP contribution >= 0.6 is 0 Å². The SMILES string of the molecule is COc1cccc(CN2C(=O)C(=O)/C(=C(/O)c3c(OC)cccc3OC)C2c2ccco2)c1. The number of methoxy groups -OCH3 is 3. The molecule has 1 aromatic heterocycles. The molecule has 4 rings (SSSR count). The van der Waals surface area contributed by atoms with Gasteiger partial charge in [-0.3, -0.25) is 9.59 Å². The van der Waals surface area contributed by atoms with E-state index in [2.05, 4.69) is 0 Å². The zero-order valence-electron chi connectivity index (χ0n) is 18.4. The van der Waals surface area contributed by atoms with E-state index < -0.39 is 23.5 Å². The molecule has 0 radical (unpaired) electrons. The predicted molar refractivity (Wildman–Crippen MR) is 119 cm³/mol. The molecule has 8 nitrogen and oxygen atoms in total. The van der Waals surface area contributed by atoms with E-state index in [1.807, 2.05) is 6.07 Å². The first-order chi connectivity index (χ1) is 16.0. The highest BCUT2D eigenvalue weighted by Gasteiger charge is 2.48. The summed E-state index contributed by atoms with van der Waals surface area (Å²) in [7, 11) is 4.43. The van der Waals surface area contributed by atoms with Gasteiger partial charge in [0.2, 0.25) is 0 Å². The quantitative estimate of drug-likeness (QED) is 0.332. The Kier molecular flexibility index (Phi) is 6.08. The van der Waals surface area contributed by atoms with Crippen LogP contribution in [0.5, 0.6) is 17.2 Å². The molecule has 1 saturated heterocycles. The minimum Gasteiger partial charge on any atom is -0.506 e. The molecule has 2 aromatic carbocycles. The second kappa shape index (κ2) is 9.12. The first-order valence-corrected chi connectivity index (χ1v) is 10.2.